The van der Waals surface area contributed by atoms with Gasteiger partial charge in [0, 0.05) is 51.5 Å². The Balaban J connectivity index is 0.00000364. The fraction of sp³-hybridized carbons (Fsp3) is 0.611. The summed E-state index contributed by atoms with van der Waals surface area (Å²) in [5.41, 5.74) is 1.25. The normalized spacial score (nSPS) is 17.7. The van der Waals surface area contributed by atoms with Gasteiger partial charge in [0.15, 0.2) is 5.96 Å². The molecule has 1 aliphatic rings. The van der Waals surface area contributed by atoms with Gasteiger partial charge in [-0.15, -0.1) is 24.0 Å². The van der Waals surface area contributed by atoms with Crippen molar-refractivity contribution in [1.82, 2.24) is 14.9 Å². The van der Waals surface area contributed by atoms with Gasteiger partial charge in [-0.25, -0.2) is 12.7 Å². The third-order valence-electron chi connectivity index (χ3n) is 4.57. The zero-order valence-corrected chi connectivity index (χ0v) is 19.5. The van der Waals surface area contributed by atoms with Gasteiger partial charge in [0.05, 0.1) is 6.26 Å². The first-order chi connectivity index (χ1) is 12.4. The molecule has 1 aliphatic heterocycles. The lowest BCUT2D eigenvalue weighted by atomic mass is 10.2. The van der Waals surface area contributed by atoms with Crippen molar-refractivity contribution in [2.75, 3.05) is 50.9 Å². The van der Waals surface area contributed by atoms with Crippen molar-refractivity contribution in [3.05, 3.63) is 30.3 Å². The molecular weight excluding hydrogens is 477 g/mol. The van der Waals surface area contributed by atoms with Crippen LogP contribution in [-0.4, -0.2) is 70.8 Å². The molecule has 9 heteroatoms. The first-order valence-corrected chi connectivity index (χ1v) is 11.0. The molecule has 0 spiro atoms. The quantitative estimate of drug-likeness (QED) is 0.242. The van der Waals surface area contributed by atoms with Gasteiger partial charge in [-0.05, 0) is 25.0 Å². The van der Waals surface area contributed by atoms with E-state index in [1.807, 2.05) is 13.0 Å². The van der Waals surface area contributed by atoms with E-state index < -0.39 is 10.0 Å². The Morgan fingerprint density at radius 3 is 2.63 bits per heavy atom. The molecule has 1 atom stereocenters. The maximum Gasteiger partial charge on any atom is 0.211 e. The summed E-state index contributed by atoms with van der Waals surface area (Å²) < 4.78 is 24.7. The maximum atomic E-state index is 11.6. The predicted molar refractivity (Wildman–Crippen MR) is 124 cm³/mol. The van der Waals surface area contributed by atoms with Crippen molar-refractivity contribution in [1.29, 1.82) is 0 Å². The highest BCUT2D eigenvalue weighted by Gasteiger charge is 2.23. The lowest BCUT2D eigenvalue weighted by Gasteiger charge is -2.21. The van der Waals surface area contributed by atoms with Crippen molar-refractivity contribution >= 4 is 45.6 Å². The number of hydrogen-bond acceptors (Lipinski definition) is 4. The zero-order chi connectivity index (χ0) is 19.0. The molecule has 0 aliphatic carbocycles. The predicted octanol–water partition coefficient (Wildman–Crippen LogP) is 1.72. The average molecular weight is 509 g/mol. The smallest absolute Gasteiger partial charge is 0.211 e. The topological polar surface area (TPSA) is 77.0 Å². The number of para-hydroxylation sites is 1. The number of nitrogens with one attached hydrogen (secondary N) is 2. The number of benzene rings is 1. The molecule has 1 aromatic rings. The standard InChI is InChI=1S/C18H31N5O2S.HI/c1-4-23(26(3,24)25)13-8-12-20-18(19-2)21-16-11-14-22(15-16)17-9-6-5-7-10-17;/h5-7,9-10,16H,4,8,11-15H2,1-3H3,(H2,19,20,21);1H. The van der Waals surface area contributed by atoms with Gasteiger partial charge < -0.3 is 15.5 Å². The summed E-state index contributed by atoms with van der Waals surface area (Å²) in [6.45, 7) is 5.53. The fourth-order valence-corrected chi connectivity index (χ4v) is 4.09. The molecule has 2 rings (SSSR count). The largest absolute Gasteiger partial charge is 0.369 e. The Morgan fingerprint density at radius 2 is 2.04 bits per heavy atom. The molecule has 0 bridgehead atoms. The second kappa shape index (κ2) is 11.7. The van der Waals surface area contributed by atoms with Crippen LogP contribution in [0.2, 0.25) is 0 Å². The van der Waals surface area contributed by atoms with Crippen LogP contribution in [0.25, 0.3) is 0 Å². The fourth-order valence-electron chi connectivity index (χ4n) is 3.16. The molecule has 1 aromatic carbocycles. The van der Waals surface area contributed by atoms with Gasteiger partial charge in [0.2, 0.25) is 10.0 Å². The molecule has 0 radical (unpaired) electrons. The molecule has 2 N–H and O–H groups in total. The first kappa shape index (κ1) is 24.0. The van der Waals surface area contributed by atoms with E-state index in [2.05, 4.69) is 44.8 Å². The molecule has 1 heterocycles. The minimum Gasteiger partial charge on any atom is -0.369 e. The van der Waals surface area contributed by atoms with Gasteiger partial charge in [-0.2, -0.15) is 0 Å². The lowest BCUT2D eigenvalue weighted by Crippen LogP contribution is -2.45. The van der Waals surface area contributed by atoms with Gasteiger partial charge in [0.1, 0.15) is 0 Å². The average Bonchev–Trinajstić information content (AvgIpc) is 3.09. The monoisotopic (exact) mass is 509 g/mol. The van der Waals surface area contributed by atoms with E-state index in [1.54, 1.807) is 7.05 Å². The number of guanidine groups is 1. The summed E-state index contributed by atoms with van der Waals surface area (Å²) in [7, 11) is -1.36. The number of aliphatic imine (C=N–C) groups is 1. The Kier molecular flexibility index (Phi) is 10.4. The Labute approximate surface area is 180 Å². The molecule has 1 fully saturated rings. The number of hydrogen-bond donors (Lipinski definition) is 2. The Bertz CT molecular complexity index is 684. The molecule has 7 nitrogen and oxygen atoms in total. The van der Waals surface area contributed by atoms with E-state index in [9.17, 15) is 8.42 Å². The van der Waals surface area contributed by atoms with Crippen LogP contribution in [0.15, 0.2) is 35.3 Å². The number of rotatable bonds is 8. The van der Waals surface area contributed by atoms with E-state index >= 15 is 0 Å². The van der Waals surface area contributed by atoms with Crippen LogP contribution in [0.1, 0.15) is 19.8 Å². The second-order valence-corrected chi connectivity index (χ2v) is 8.50. The van der Waals surface area contributed by atoms with Crippen molar-refractivity contribution < 1.29 is 8.42 Å². The van der Waals surface area contributed by atoms with Crippen molar-refractivity contribution in [2.45, 2.75) is 25.8 Å². The van der Waals surface area contributed by atoms with Crippen LogP contribution in [0.5, 0.6) is 0 Å². The maximum absolute atomic E-state index is 11.6. The van der Waals surface area contributed by atoms with Gasteiger partial charge in [-0.3, -0.25) is 4.99 Å². The van der Waals surface area contributed by atoms with E-state index in [1.165, 1.54) is 16.2 Å². The third-order valence-corrected chi connectivity index (χ3v) is 5.95. The summed E-state index contributed by atoms with van der Waals surface area (Å²) >= 11 is 0. The van der Waals surface area contributed by atoms with Crippen LogP contribution in [0, 0.1) is 0 Å². The van der Waals surface area contributed by atoms with Crippen LogP contribution in [0.3, 0.4) is 0 Å². The second-order valence-electron chi connectivity index (χ2n) is 6.52. The van der Waals surface area contributed by atoms with Crippen LogP contribution >= 0.6 is 24.0 Å². The minimum atomic E-state index is -3.12. The summed E-state index contributed by atoms with van der Waals surface area (Å²) in [5.74, 6) is 0.771. The molecule has 1 unspecified atom stereocenters. The van der Waals surface area contributed by atoms with Crippen LogP contribution < -0.4 is 15.5 Å². The molecule has 0 saturated carbocycles. The number of halogens is 1. The Morgan fingerprint density at radius 1 is 1.33 bits per heavy atom. The Hall–Kier alpha value is -1.07. The SMILES string of the molecule is CCN(CCCNC(=NC)NC1CCN(c2ccccc2)C1)S(C)(=O)=O.I. The highest BCUT2D eigenvalue weighted by molar-refractivity contribution is 14.0. The number of sulfonamides is 1. The molecular formula is C18H32IN5O2S. The third kappa shape index (κ3) is 7.82. The van der Waals surface area contributed by atoms with Gasteiger partial charge >= 0.3 is 0 Å². The first-order valence-electron chi connectivity index (χ1n) is 9.16. The van der Waals surface area contributed by atoms with E-state index in [0.717, 1.165) is 31.9 Å². The van der Waals surface area contributed by atoms with Gasteiger partial charge in [0.25, 0.3) is 0 Å². The highest BCUT2D eigenvalue weighted by atomic mass is 127. The van der Waals surface area contributed by atoms with Crippen LogP contribution in [0.4, 0.5) is 5.69 Å². The van der Waals surface area contributed by atoms with E-state index in [4.69, 9.17) is 0 Å². The number of anilines is 1. The van der Waals surface area contributed by atoms with Crippen LogP contribution in [-0.2, 0) is 10.0 Å². The van der Waals surface area contributed by atoms with Crippen molar-refractivity contribution in [2.24, 2.45) is 4.99 Å². The van der Waals surface area contributed by atoms with Crippen molar-refractivity contribution in [3.63, 3.8) is 0 Å². The summed E-state index contributed by atoms with van der Waals surface area (Å²) in [5, 5.41) is 6.74. The summed E-state index contributed by atoms with van der Waals surface area (Å²) in [6, 6.07) is 10.8. The molecule has 27 heavy (non-hydrogen) atoms. The summed E-state index contributed by atoms with van der Waals surface area (Å²) in [6.07, 6.45) is 3.05. The summed E-state index contributed by atoms with van der Waals surface area (Å²) in [4.78, 5) is 6.65. The van der Waals surface area contributed by atoms with Crippen molar-refractivity contribution in [3.8, 4) is 0 Å². The zero-order valence-electron chi connectivity index (χ0n) is 16.4. The van der Waals surface area contributed by atoms with Gasteiger partial charge in [-0.1, -0.05) is 25.1 Å². The lowest BCUT2D eigenvalue weighted by molar-refractivity contribution is 0.424. The van der Waals surface area contributed by atoms with E-state index in [0.29, 0.717) is 25.7 Å². The van der Waals surface area contributed by atoms with E-state index in [-0.39, 0.29) is 24.0 Å². The highest BCUT2D eigenvalue weighted by Crippen LogP contribution is 2.19. The molecule has 1 saturated heterocycles. The molecule has 0 amide bonds. The number of nitrogens with zero attached hydrogens (tertiary/aromatic N) is 3. The molecule has 0 aromatic heterocycles. The minimum absolute atomic E-state index is 0. The molecule has 154 valence electrons.